The minimum atomic E-state index is -0.986. The van der Waals surface area contributed by atoms with Crippen molar-refractivity contribution in [3.63, 3.8) is 0 Å². The first-order chi connectivity index (χ1) is 11.0. The zero-order chi connectivity index (χ0) is 16.4. The molecule has 118 valence electrons. The van der Waals surface area contributed by atoms with Crippen LogP contribution in [-0.4, -0.2) is 32.0 Å². The lowest BCUT2D eigenvalue weighted by molar-refractivity contribution is -0.130. The van der Waals surface area contributed by atoms with Gasteiger partial charge in [0.25, 0.3) is 0 Å². The van der Waals surface area contributed by atoms with E-state index in [1.54, 1.807) is 24.3 Å². The molecule has 0 atom stereocenters. The molecule has 1 aliphatic heterocycles. The SMILES string of the molecule is CN(C)c1ccc(/C=C(\C(=O)O)c2ccc3c(c2)OCO3)cc1. The van der Waals surface area contributed by atoms with Crippen LogP contribution in [0.25, 0.3) is 11.6 Å². The Labute approximate surface area is 134 Å². The number of carboxylic acid groups (broad SMARTS) is 1. The molecule has 0 saturated carbocycles. The molecule has 3 rings (SSSR count). The molecule has 23 heavy (non-hydrogen) atoms. The smallest absolute Gasteiger partial charge is 0.336 e. The van der Waals surface area contributed by atoms with Gasteiger partial charge in [-0.25, -0.2) is 4.79 Å². The monoisotopic (exact) mass is 311 g/mol. The van der Waals surface area contributed by atoms with Gasteiger partial charge < -0.3 is 19.5 Å². The summed E-state index contributed by atoms with van der Waals surface area (Å²) in [6.45, 7) is 0.164. The summed E-state index contributed by atoms with van der Waals surface area (Å²) in [6, 6.07) is 12.8. The van der Waals surface area contributed by atoms with Crippen molar-refractivity contribution in [3.8, 4) is 11.5 Å². The Bertz CT molecular complexity index is 763. The van der Waals surface area contributed by atoms with Crippen LogP contribution in [0.4, 0.5) is 5.69 Å². The van der Waals surface area contributed by atoms with Crippen molar-refractivity contribution in [2.45, 2.75) is 0 Å². The molecule has 0 amide bonds. The summed E-state index contributed by atoms with van der Waals surface area (Å²) in [5.74, 6) is 0.215. The Morgan fingerprint density at radius 1 is 1.09 bits per heavy atom. The number of rotatable bonds is 4. The van der Waals surface area contributed by atoms with Crippen molar-refractivity contribution in [3.05, 3.63) is 53.6 Å². The summed E-state index contributed by atoms with van der Waals surface area (Å²) in [6.07, 6.45) is 1.65. The Kier molecular flexibility index (Phi) is 3.93. The van der Waals surface area contributed by atoms with E-state index in [4.69, 9.17) is 9.47 Å². The number of aliphatic carboxylic acids is 1. The predicted molar refractivity (Wildman–Crippen MR) is 88.8 cm³/mol. The molecule has 1 aliphatic rings. The highest BCUT2D eigenvalue weighted by Gasteiger charge is 2.17. The average Bonchev–Trinajstić information content (AvgIpc) is 3.00. The molecule has 1 N–H and O–H groups in total. The van der Waals surface area contributed by atoms with Crippen LogP contribution in [0, 0.1) is 0 Å². The van der Waals surface area contributed by atoms with Crippen molar-refractivity contribution in [1.29, 1.82) is 0 Å². The van der Waals surface area contributed by atoms with Gasteiger partial charge in [-0.15, -0.1) is 0 Å². The van der Waals surface area contributed by atoms with E-state index in [-0.39, 0.29) is 12.4 Å². The fraction of sp³-hybridized carbons (Fsp3) is 0.167. The molecule has 0 bridgehead atoms. The van der Waals surface area contributed by atoms with Gasteiger partial charge in [0.15, 0.2) is 11.5 Å². The minimum Gasteiger partial charge on any atom is -0.478 e. The average molecular weight is 311 g/mol. The van der Waals surface area contributed by atoms with Crippen LogP contribution < -0.4 is 14.4 Å². The van der Waals surface area contributed by atoms with E-state index in [0.717, 1.165) is 11.3 Å². The van der Waals surface area contributed by atoms with Crippen LogP contribution in [0.2, 0.25) is 0 Å². The van der Waals surface area contributed by atoms with Gasteiger partial charge in [0.1, 0.15) is 0 Å². The largest absolute Gasteiger partial charge is 0.478 e. The van der Waals surface area contributed by atoms with Crippen LogP contribution in [-0.2, 0) is 4.79 Å². The highest BCUT2D eigenvalue weighted by molar-refractivity contribution is 6.20. The Hall–Kier alpha value is -2.95. The van der Waals surface area contributed by atoms with E-state index in [0.29, 0.717) is 17.1 Å². The zero-order valence-electron chi connectivity index (χ0n) is 12.9. The van der Waals surface area contributed by atoms with Crippen molar-refractivity contribution in [1.82, 2.24) is 0 Å². The molecule has 0 fully saturated rings. The second-order valence-electron chi connectivity index (χ2n) is 5.42. The minimum absolute atomic E-state index is 0.164. The highest BCUT2D eigenvalue weighted by Crippen LogP contribution is 2.35. The van der Waals surface area contributed by atoms with Gasteiger partial charge in [0.2, 0.25) is 6.79 Å². The first-order valence-corrected chi connectivity index (χ1v) is 7.17. The van der Waals surface area contributed by atoms with E-state index < -0.39 is 5.97 Å². The lowest BCUT2D eigenvalue weighted by atomic mass is 10.0. The molecule has 5 nitrogen and oxygen atoms in total. The van der Waals surface area contributed by atoms with Crippen LogP contribution in [0.1, 0.15) is 11.1 Å². The van der Waals surface area contributed by atoms with Crippen LogP contribution in [0.5, 0.6) is 11.5 Å². The number of fused-ring (bicyclic) bond motifs is 1. The number of carboxylic acids is 1. The highest BCUT2D eigenvalue weighted by atomic mass is 16.7. The second-order valence-corrected chi connectivity index (χ2v) is 5.42. The number of benzene rings is 2. The van der Waals surface area contributed by atoms with E-state index >= 15 is 0 Å². The van der Waals surface area contributed by atoms with Crippen LogP contribution in [0.15, 0.2) is 42.5 Å². The van der Waals surface area contributed by atoms with Crippen molar-refractivity contribution in [2.75, 3.05) is 25.8 Å². The van der Waals surface area contributed by atoms with Crippen molar-refractivity contribution in [2.24, 2.45) is 0 Å². The Morgan fingerprint density at radius 3 is 2.43 bits per heavy atom. The fourth-order valence-corrected chi connectivity index (χ4v) is 2.37. The summed E-state index contributed by atoms with van der Waals surface area (Å²) in [7, 11) is 3.92. The quantitative estimate of drug-likeness (QED) is 0.694. The van der Waals surface area contributed by atoms with Gasteiger partial charge in [0.05, 0.1) is 5.57 Å². The molecular formula is C18H17NO4. The molecule has 1 heterocycles. The summed E-state index contributed by atoms with van der Waals surface area (Å²) < 4.78 is 10.6. The summed E-state index contributed by atoms with van der Waals surface area (Å²) in [4.78, 5) is 13.6. The van der Waals surface area contributed by atoms with Crippen molar-refractivity contribution < 1.29 is 19.4 Å². The third-order valence-corrected chi connectivity index (χ3v) is 3.63. The lowest BCUT2D eigenvalue weighted by Crippen LogP contribution is -2.08. The molecule has 0 radical (unpaired) electrons. The number of hydrogen-bond donors (Lipinski definition) is 1. The van der Waals surface area contributed by atoms with Gasteiger partial charge in [-0.3, -0.25) is 0 Å². The first-order valence-electron chi connectivity index (χ1n) is 7.17. The number of hydrogen-bond acceptors (Lipinski definition) is 4. The Balaban J connectivity index is 1.96. The fourth-order valence-electron chi connectivity index (χ4n) is 2.37. The molecule has 2 aromatic carbocycles. The molecule has 2 aromatic rings. The lowest BCUT2D eigenvalue weighted by Gasteiger charge is -2.12. The van der Waals surface area contributed by atoms with Crippen LogP contribution >= 0.6 is 0 Å². The van der Waals surface area contributed by atoms with Crippen LogP contribution in [0.3, 0.4) is 0 Å². The molecule has 0 unspecified atom stereocenters. The van der Waals surface area contributed by atoms with E-state index in [2.05, 4.69) is 0 Å². The van der Waals surface area contributed by atoms with Gasteiger partial charge in [-0.2, -0.15) is 0 Å². The number of anilines is 1. The maximum Gasteiger partial charge on any atom is 0.336 e. The summed E-state index contributed by atoms with van der Waals surface area (Å²) in [5, 5.41) is 9.53. The zero-order valence-corrected chi connectivity index (χ0v) is 12.9. The van der Waals surface area contributed by atoms with E-state index in [1.807, 2.05) is 43.3 Å². The number of ether oxygens (including phenoxy) is 2. The molecular weight excluding hydrogens is 294 g/mol. The van der Waals surface area contributed by atoms with Gasteiger partial charge in [-0.05, 0) is 41.5 Å². The van der Waals surface area contributed by atoms with E-state index in [9.17, 15) is 9.90 Å². The van der Waals surface area contributed by atoms with Gasteiger partial charge >= 0.3 is 5.97 Å². The molecule has 0 aliphatic carbocycles. The van der Waals surface area contributed by atoms with Gasteiger partial charge in [0, 0.05) is 19.8 Å². The first kappa shape index (κ1) is 15.0. The van der Waals surface area contributed by atoms with Gasteiger partial charge in [-0.1, -0.05) is 18.2 Å². The standard InChI is InChI=1S/C18H17NO4/c1-19(2)14-6-3-12(4-7-14)9-15(18(20)21)13-5-8-16-17(10-13)23-11-22-16/h3-10H,11H2,1-2H3,(H,20,21)/b15-9-. The Morgan fingerprint density at radius 2 is 1.78 bits per heavy atom. The normalized spacial score (nSPS) is 13.0. The molecule has 0 saturated heterocycles. The maximum atomic E-state index is 11.6. The maximum absolute atomic E-state index is 11.6. The third kappa shape index (κ3) is 3.13. The third-order valence-electron chi connectivity index (χ3n) is 3.63. The van der Waals surface area contributed by atoms with E-state index in [1.165, 1.54) is 0 Å². The number of carbonyl (C=O) groups is 1. The second kappa shape index (κ2) is 6.04. The number of nitrogens with zero attached hydrogens (tertiary/aromatic N) is 1. The summed E-state index contributed by atoms with van der Waals surface area (Å²) in [5.41, 5.74) is 2.67. The molecule has 0 spiro atoms. The molecule has 5 heteroatoms. The topological polar surface area (TPSA) is 59.0 Å². The molecule has 0 aromatic heterocycles. The predicted octanol–water partition coefficient (Wildman–Crippen LogP) is 3.11. The van der Waals surface area contributed by atoms with Crippen molar-refractivity contribution >= 4 is 23.3 Å². The summed E-state index contributed by atoms with van der Waals surface area (Å²) >= 11 is 0.